The third kappa shape index (κ3) is 2.96. The molecule has 2 N–H and O–H groups in total. The van der Waals surface area contributed by atoms with Crippen LogP contribution in [-0.2, 0) is 4.79 Å². The second-order valence-corrected chi connectivity index (χ2v) is 3.80. The van der Waals surface area contributed by atoms with Gasteiger partial charge in [-0.2, -0.15) is 0 Å². The van der Waals surface area contributed by atoms with E-state index in [0.29, 0.717) is 5.56 Å². The average molecular weight is 292 g/mol. The van der Waals surface area contributed by atoms with Crippen molar-refractivity contribution in [3.63, 3.8) is 0 Å². The van der Waals surface area contributed by atoms with Gasteiger partial charge in [0.05, 0.1) is 12.5 Å². The maximum atomic E-state index is 10.3. The Balaban J connectivity index is 2.82. The van der Waals surface area contributed by atoms with Crippen LogP contribution in [0.25, 0.3) is 0 Å². The lowest BCUT2D eigenvalue weighted by Crippen LogP contribution is -2.06. The van der Waals surface area contributed by atoms with Gasteiger partial charge in [0.25, 0.3) is 0 Å². The van der Waals surface area contributed by atoms with Gasteiger partial charge in [-0.05, 0) is 34.2 Å². The van der Waals surface area contributed by atoms with Gasteiger partial charge in [-0.1, -0.05) is 18.2 Å². The van der Waals surface area contributed by atoms with Crippen LogP contribution in [0.2, 0.25) is 0 Å². The van der Waals surface area contributed by atoms with Crippen molar-refractivity contribution in [3.05, 3.63) is 33.4 Å². The number of aliphatic carboxylic acids is 1. The summed E-state index contributed by atoms with van der Waals surface area (Å²) in [7, 11) is 0. The monoisotopic (exact) mass is 292 g/mol. The van der Waals surface area contributed by atoms with E-state index in [0.717, 1.165) is 3.57 Å². The molecule has 0 amide bonds. The van der Waals surface area contributed by atoms with Crippen molar-refractivity contribution in [1.29, 1.82) is 0 Å². The number of rotatable bonds is 3. The van der Waals surface area contributed by atoms with Crippen LogP contribution < -0.4 is 0 Å². The lowest BCUT2D eigenvalue weighted by molar-refractivity contribution is -0.139. The maximum absolute atomic E-state index is 10.3. The zero-order valence-electron chi connectivity index (χ0n) is 6.77. The zero-order chi connectivity index (χ0) is 9.84. The molecule has 0 aliphatic heterocycles. The van der Waals surface area contributed by atoms with Crippen LogP contribution in [0.1, 0.15) is 18.1 Å². The lowest BCUT2D eigenvalue weighted by atomic mass is 10.1. The standard InChI is InChI=1S/C9H9IO3/c10-7-4-2-1-3-6(7)8(11)5-9(12)13/h1-4,8,11H,5H2,(H,12,13)/t8-/m0/s1. The van der Waals surface area contributed by atoms with Crippen LogP contribution in [0.5, 0.6) is 0 Å². The van der Waals surface area contributed by atoms with Crippen LogP contribution in [0, 0.1) is 3.57 Å². The molecular formula is C9H9IO3. The minimum Gasteiger partial charge on any atom is -0.481 e. The number of carboxylic acid groups (broad SMARTS) is 1. The van der Waals surface area contributed by atoms with Crippen molar-refractivity contribution in [2.45, 2.75) is 12.5 Å². The Morgan fingerprint density at radius 1 is 1.46 bits per heavy atom. The van der Waals surface area contributed by atoms with Crippen molar-refractivity contribution in [1.82, 2.24) is 0 Å². The summed E-state index contributed by atoms with van der Waals surface area (Å²) >= 11 is 2.07. The first-order valence-electron chi connectivity index (χ1n) is 3.75. The quantitative estimate of drug-likeness (QED) is 0.835. The molecule has 0 aromatic heterocycles. The van der Waals surface area contributed by atoms with Crippen LogP contribution in [0.15, 0.2) is 24.3 Å². The summed E-state index contributed by atoms with van der Waals surface area (Å²) in [6.45, 7) is 0. The Hall–Kier alpha value is -0.620. The van der Waals surface area contributed by atoms with E-state index < -0.39 is 12.1 Å². The number of hydrogen-bond acceptors (Lipinski definition) is 2. The van der Waals surface area contributed by atoms with Crippen molar-refractivity contribution in [3.8, 4) is 0 Å². The Labute approximate surface area is 89.5 Å². The van der Waals surface area contributed by atoms with E-state index in [1.165, 1.54) is 0 Å². The maximum Gasteiger partial charge on any atom is 0.306 e. The van der Waals surface area contributed by atoms with Crippen LogP contribution in [0.3, 0.4) is 0 Å². The molecule has 13 heavy (non-hydrogen) atoms. The first-order valence-corrected chi connectivity index (χ1v) is 4.83. The molecular weight excluding hydrogens is 283 g/mol. The topological polar surface area (TPSA) is 57.5 Å². The van der Waals surface area contributed by atoms with Gasteiger partial charge in [0, 0.05) is 3.57 Å². The molecule has 1 aromatic carbocycles. The van der Waals surface area contributed by atoms with Gasteiger partial charge < -0.3 is 10.2 Å². The summed E-state index contributed by atoms with van der Waals surface area (Å²) in [5.41, 5.74) is 0.672. The van der Waals surface area contributed by atoms with E-state index in [9.17, 15) is 9.90 Å². The van der Waals surface area contributed by atoms with E-state index in [1.54, 1.807) is 12.1 Å². The largest absolute Gasteiger partial charge is 0.481 e. The first kappa shape index (κ1) is 10.5. The number of aliphatic hydroxyl groups is 1. The molecule has 0 aliphatic rings. The van der Waals surface area contributed by atoms with Gasteiger partial charge in [-0.25, -0.2) is 0 Å². The average Bonchev–Trinajstić information content (AvgIpc) is 2.03. The molecule has 1 aromatic rings. The second kappa shape index (κ2) is 4.57. The van der Waals surface area contributed by atoms with E-state index in [-0.39, 0.29) is 6.42 Å². The Kier molecular flexibility index (Phi) is 3.68. The van der Waals surface area contributed by atoms with Gasteiger partial charge >= 0.3 is 5.97 Å². The minimum atomic E-state index is -0.993. The summed E-state index contributed by atoms with van der Waals surface area (Å²) in [6.07, 6.45) is -1.16. The van der Waals surface area contributed by atoms with Crippen molar-refractivity contribution in [2.75, 3.05) is 0 Å². The van der Waals surface area contributed by atoms with E-state index in [1.807, 2.05) is 12.1 Å². The van der Waals surface area contributed by atoms with Crippen LogP contribution >= 0.6 is 22.6 Å². The van der Waals surface area contributed by atoms with Crippen molar-refractivity contribution < 1.29 is 15.0 Å². The van der Waals surface area contributed by atoms with Gasteiger partial charge in [0.2, 0.25) is 0 Å². The van der Waals surface area contributed by atoms with Crippen molar-refractivity contribution >= 4 is 28.6 Å². The number of aliphatic hydroxyl groups excluding tert-OH is 1. The molecule has 0 saturated carbocycles. The van der Waals surface area contributed by atoms with E-state index in [4.69, 9.17) is 5.11 Å². The molecule has 0 unspecified atom stereocenters. The highest BCUT2D eigenvalue weighted by atomic mass is 127. The van der Waals surface area contributed by atoms with Crippen LogP contribution in [-0.4, -0.2) is 16.2 Å². The van der Waals surface area contributed by atoms with Crippen molar-refractivity contribution in [2.24, 2.45) is 0 Å². The normalized spacial score (nSPS) is 12.5. The summed E-state index contributed by atoms with van der Waals surface area (Å²) in [5, 5.41) is 18.0. The molecule has 70 valence electrons. The number of halogens is 1. The number of benzene rings is 1. The predicted octanol–water partition coefficient (Wildman–Crippen LogP) is 1.80. The highest BCUT2D eigenvalue weighted by molar-refractivity contribution is 14.1. The highest BCUT2D eigenvalue weighted by Crippen LogP contribution is 2.21. The van der Waals surface area contributed by atoms with Gasteiger partial charge in [-0.15, -0.1) is 0 Å². The molecule has 0 spiro atoms. The molecule has 0 saturated heterocycles. The summed E-state index contributed by atoms with van der Waals surface area (Å²) < 4.78 is 0.883. The molecule has 0 fully saturated rings. The fourth-order valence-corrected chi connectivity index (χ4v) is 1.77. The Morgan fingerprint density at radius 2 is 2.08 bits per heavy atom. The third-order valence-electron chi connectivity index (χ3n) is 1.63. The molecule has 4 heteroatoms. The highest BCUT2D eigenvalue weighted by Gasteiger charge is 2.13. The number of hydrogen-bond donors (Lipinski definition) is 2. The lowest BCUT2D eigenvalue weighted by Gasteiger charge is -2.09. The minimum absolute atomic E-state index is 0.250. The fraction of sp³-hybridized carbons (Fsp3) is 0.222. The van der Waals surface area contributed by atoms with E-state index >= 15 is 0 Å². The third-order valence-corrected chi connectivity index (χ3v) is 2.61. The number of carboxylic acids is 1. The molecule has 0 bridgehead atoms. The van der Waals surface area contributed by atoms with Gasteiger partial charge in [0.1, 0.15) is 0 Å². The van der Waals surface area contributed by atoms with E-state index in [2.05, 4.69) is 22.6 Å². The fourth-order valence-electron chi connectivity index (χ4n) is 1.02. The van der Waals surface area contributed by atoms with Gasteiger partial charge in [0.15, 0.2) is 0 Å². The SMILES string of the molecule is O=C(O)C[C@H](O)c1ccccc1I. The summed E-state index contributed by atoms with van der Waals surface area (Å²) in [6, 6.07) is 7.19. The first-order chi connectivity index (χ1) is 6.11. The molecule has 1 atom stereocenters. The Bertz CT molecular complexity index is 311. The Morgan fingerprint density at radius 3 is 2.62 bits per heavy atom. The smallest absolute Gasteiger partial charge is 0.306 e. The number of carbonyl (C=O) groups is 1. The molecule has 0 aliphatic carbocycles. The van der Waals surface area contributed by atoms with Crippen LogP contribution in [0.4, 0.5) is 0 Å². The summed E-state index contributed by atoms with van der Waals surface area (Å²) in [5.74, 6) is -0.993. The zero-order valence-corrected chi connectivity index (χ0v) is 8.93. The molecule has 0 radical (unpaired) electrons. The molecule has 3 nitrogen and oxygen atoms in total. The predicted molar refractivity (Wildman–Crippen MR) is 56.4 cm³/mol. The molecule has 1 rings (SSSR count). The molecule has 0 heterocycles. The second-order valence-electron chi connectivity index (χ2n) is 2.64. The van der Waals surface area contributed by atoms with Gasteiger partial charge in [-0.3, -0.25) is 4.79 Å². The summed E-state index contributed by atoms with van der Waals surface area (Å²) in [4.78, 5) is 10.3.